The molecule has 86 valence electrons. The SMILES string of the molecule is C=CC1CC(C)CC1CCC(=O)OCC. The molecule has 1 rings (SSSR count). The van der Waals surface area contributed by atoms with Gasteiger partial charge in [0.1, 0.15) is 0 Å². The van der Waals surface area contributed by atoms with Crippen molar-refractivity contribution >= 4 is 5.97 Å². The van der Waals surface area contributed by atoms with Crippen LogP contribution in [0.1, 0.15) is 39.5 Å². The molecule has 0 saturated heterocycles. The van der Waals surface area contributed by atoms with Crippen LogP contribution in [0.5, 0.6) is 0 Å². The molecule has 1 saturated carbocycles. The maximum Gasteiger partial charge on any atom is 0.305 e. The Morgan fingerprint density at radius 1 is 1.53 bits per heavy atom. The molecule has 2 nitrogen and oxygen atoms in total. The molecule has 0 aromatic heterocycles. The van der Waals surface area contributed by atoms with E-state index in [-0.39, 0.29) is 5.97 Å². The summed E-state index contributed by atoms with van der Waals surface area (Å²) >= 11 is 0. The molecule has 1 aliphatic rings. The van der Waals surface area contributed by atoms with Gasteiger partial charge in [0, 0.05) is 6.42 Å². The lowest BCUT2D eigenvalue weighted by Crippen LogP contribution is -2.10. The fraction of sp³-hybridized carbons (Fsp3) is 0.769. The van der Waals surface area contributed by atoms with Crippen LogP contribution in [-0.2, 0) is 9.53 Å². The Kier molecular flexibility index (Phi) is 4.86. The molecule has 1 fully saturated rings. The predicted molar refractivity (Wildman–Crippen MR) is 61.4 cm³/mol. The van der Waals surface area contributed by atoms with Crippen molar-refractivity contribution in [3.63, 3.8) is 0 Å². The molecule has 0 aromatic carbocycles. The van der Waals surface area contributed by atoms with Crippen molar-refractivity contribution in [1.82, 2.24) is 0 Å². The summed E-state index contributed by atoms with van der Waals surface area (Å²) in [6, 6.07) is 0. The Hall–Kier alpha value is -0.790. The summed E-state index contributed by atoms with van der Waals surface area (Å²) in [5, 5.41) is 0. The molecule has 0 heterocycles. The predicted octanol–water partition coefficient (Wildman–Crippen LogP) is 3.18. The van der Waals surface area contributed by atoms with E-state index in [0.29, 0.717) is 24.9 Å². The summed E-state index contributed by atoms with van der Waals surface area (Å²) in [6.45, 7) is 8.49. The third kappa shape index (κ3) is 3.69. The molecule has 3 atom stereocenters. The first-order valence-corrected chi connectivity index (χ1v) is 5.95. The van der Waals surface area contributed by atoms with E-state index in [1.807, 2.05) is 6.92 Å². The highest BCUT2D eigenvalue weighted by Gasteiger charge is 2.29. The van der Waals surface area contributed by atoms with Crippen LogP contribution in [0.2, 0.25) is 0 Å². The average molecular weight is 210 g/mol. The zero-order valence-electron chi connectivity index (χ0n) is 9.87. The molecule has 0 N–H and O–H groups in total. The first-order valence-electron chi connectivity index (χ1n) is 5.95. The number of carbonyl (C=O) groups is 1. The summed E-state index contributed by atoms with van der Waals surface area (Å²) in [5.41, 5.74) is 0. The molecule has 15 heavy (non-hydrogen) atoms. The van der Waals surface area contributed by atoms with Crippen LogP contribution in [0.3, 0.4) is 0 Å². The average Bonchev–Trinajstić information content (AvgIpc) is 2.56. The molecule has 0 aliphatic heterocycles. The lowest BCUT2D eigenvalue weighted by Gasteiger charge is -2.14. The maximum atomic E-state index is 11.2. The van der Waals surface area contributed by atoms with Crippen molar-refractivity contribution in [3.05, 3.63) is 12.7 Å². The number of rotatable bonds is 5. The van der Waals surface area contributed by atoms with Crippen LogP contribution < -0.4 is 0 Å². The topological polar surface area (TPSA) is 26.3 Å². The normalized spacial score (nSPS) is 30.1. The highest BCUT2D eigenvalue weighted by Crippen LogP contribution is 2.39. The fourth-order valence-corrected chi connectivity index (χ4v) is 2.60. The fourth-order valence-electron chi connectivity index (χ4n) is 2.60. The summed E-state index contributed by atoms with van der Waals surface area (Å²) in [6.07, 6.45) is 6.04. The molecule has 0 aromatic rings. The Balaban J connectivity index is 2.31. The monoisotopic (exact) mass is 210 g/mol. The van der Waals surface area contributed by atoms with Crippen molar-refractivity contribution < 1.29 is 9.53 Å². The van der Waals surface area contributed by atoms with E-state index < -0.39 is 0 Å². The number of carbonyl (C=O) groups excluding carboxylic acids is 1. The Morgan fingerprint density at radius 3 is 2.87 bits per heavy atom. The van der Waals surface area contributed by atoms with Gasteiger partial charge >= 0.3 is 5.97 Å². The molecule has 0 amide bonds. The maximum absolute atomic E-state index is 11.2. The van der Waals surface area contributed by atoms with Crippen molar-refractivity contribution in [2.75, 3.05) is 6.61 Å². The zero-order chi connectivity index (χ0) is 11.3. The van der Waals surface area contributed by atoms with Gasteiger partial charge in [-0.2, -0.15) is 0 Å². The van der Waals surface area contributed by atoms with E-state index in [0.717, 1.165) is 12.3 Å². The van der Waals surface area contributed by atoms with Gasteiger partial charge in [0.05, 0.1) is 6.61 Å². The van der Waals surface area contributed by atoms with Gasteiger partial charge in [0.2, 0.25) is 0 Å². The molecule has 0 radical (unpaired) electrons. The van der Waals surface area contributed by atoms with Crippen LogP contribution >= 0.6 is 0 Å². The standard InChI is InChI=1S/C13H22O2/c1-4-11-8-10(3)9-12(11)6-7-13(14)15-5-2/h4,10-12H,1,5-9H2,2-3H3. The Labute approximate surface area is 92.7 Å². The third-order valence-corrected chi connectivity index (χ3v) is 3.31. The lowest BCUT2D eigenvalue weighted by molar-refractivity contribution is -0.143. The van der Waals surface area contributed by atoms with Gasteiger partial charge in [-0.1, -0.05) is 13.0 Å². The summed E-state index contributed by atoms with van der Waals surface area (Å²) in [7, 11) is 0. The minimum absolute atomic E-state index is 0.0557. The van der Waals surface area contributed by atoms with Gasteiger partial charge in [-0.05, 0) is 43.9 Å². The Morgan fingerprint density at radius 2 is 2.27 bits per heavy atom. The minimum atomic E-state index is -0.0557. The van der Waals surface area contributed by atoms with E-state index in [9.17, 15) is 4.79 Å². The summed E-state index contributed by atoms with van der Waals surface area (Å²) < 4.78 is 4.93. The van der Waals surface area contributed by atoms with Crippen LogP contribution in [-0.4, -0.2) is 12.6 Å². The van der Waals surface area contributed by atoms with Crippen LogP contribution in [0.25, 0.3) is 0 Å². The van der Waals surface area contributed by atoms with Crippen molar-refractivity contribution in [3.8, 4) is 0 Å². The molecular weight excluding hydrogens is 188 g/mol. The first kappa shape index (κ1) is 12.3. The number of ether oxygens (including phenoxy) is 1. The van der Waals surface area contributed by atoms with Gasteiger partial charge in [-0.25, -0.2) is 0 Å². The highest BCUT2D eigenvalue weighted by molar-refractivity contribution is 5.69. The smallest absolute Gasteiger partial charge is 0.305 e. The summed E-state index contributed by atoms with van der Waals surface area (Å²) in [5.74, 6) is 1.97. The molecule has 3 unspecified atom stereocenters. The number of allylic oxidation sites excluding steroid dienone is 1. The van der Waals surface area contributed by atoms with Crippen molar-refractivity contribution in [2.24, 2.45) is 17.8 Å². The van der Waals surface area contributed by atoms with Crippen molar-refractivity contribution in [1.29, 1.82) is 0 Å². The van der Waals surface area contributed by atoms with Crippen LogP contribution in [0.4, 0.5) is 0 Å². The number of hydrogen-bond donors (Lipinski definition) is 0. The number of hydrogen-bond acceptors (Lipinski definition) is 2. The van der Waals surface area contributed by atoms with E-state index in [4.69, 9.17) is 4.74 Å². The van der Waals surface area contributed by atoms with Gasteiger partial charge in [0.15, 0.2) is 0 Å². The molecule has 2 heteroatoms. The number of esters is 1. The van der Waals surface area contributed by atoms with Gasteiger partial charge < -0.3 is 4.74 Å². The second-order valence-corrected chi connectivity index (χ2v) is 4.58. The second kappa shape index (κ2) is 5.94. The zero-order valence-corrected chi connectivity index (χ0v) is 9.87. The minimum Gasteiger partial charge on any atom is -0.466 e. The lowest BCUT2D eigenvalue weighted by atomic mass is 9.92. The van der Waals surface area contributed by atoms with E-state index >= 15 is 0 Å². The second-order valence-electron chi connectivity index (χ2n) is 4.58. The third-order valence-electron chi connectivity index (χ3n) is 3.31. The largest absolute Gasteiger partial charge is 0.466 e. The molecule has 0 spiro atoms. The quantitative estimate of drug-likeness (QED) is 0.514. The van der Waals surface area contributed by atoms with E-state index in [1.54, 1.807) is 0 Å². The molecular formula is C13H22O2. The van der Waals surface area contributed by atoms with Crippen LogP contribution in [0.15, 0.2) is 12.7 Å². The summed E-state index contributed by atoms with van der Waals surface area (Å²) in [4.78, 5) is 11.2. The first-order chi connectivity index (χ1) is 7.17. The molecule has 1 aliphatic carbocycles. The van der Waals surface area contributed by atoms with Crippen molar-refractivity contribution in [2.45, 2.75) is 39.5 Å². The van der Waals surface area contributed by atoms with Crippen LogP contribution in [0, 0.1) is 17.8 Å². The van der Waals surface area contributed by atoms with Gasteiger partial charge in [-0.15, -0.1) is 6.58 Å². The van der Waals surface area contributed by atoms with E-state index in [2.05, 4.69) is 19.6 Å². The molecule has 0 bridgehead atoms. The van der Waals surface area contributed by atoms with Gasteiger partial charge in [-0.3, -0.25) is 4.79 Å². The van der Waals surface area contributed by atoms with E-state index in [1.165, 1.54) is 12.8 Å². The highest BCUT2D eigenvalue weighted by atomic mass is 16.5. The van der Waals surface area contributed by atoms with Gasteiger partial charge in [0.25, 0.3) is 0 Å². The Bertz CT molecular complexity index is 223.